The van der Waals surface area contributed by atoms with Crippen LogP contribution in [0, 0.1) is 0 Å². The zero-order chi connectivity index (χ0) is 20.0. The van der Waals surface area contributed by atoms with E-state index in [1.165, 1.54) is 0 Å². The Labute approximate surface area is 164 Å². The molecule has 1 amide bonds. The second-order valence-electron chi connectivity index (χ2n) is 7.34. The number of amides is 1. The fourth-order valence-corrected chi connectivity index (χ4v) is 3.79. The molecule has 0 radical (unpaired) electrons. The number of aromatic nitrogens is 2. The highest BCUT2D eigenvalue weighted by molar-refractivity contribution is 5.82. The summed E-state index contributed by atoms with van der Waals surface area (Å²) in [4.78, 5) is 30.6. The van der Waals surface area contributed by atoms with Gasteiger partial charge in [0.15, 0.2) is 5.82 Å². The summed E-state index contributed by atoms with van der Waals surface area (Å²) < 4.78 is 5.20. The lowest BCUT2D eigenvalue weighted by Crippen LogP contribution is -2.49. The van der Waals surface area contributed by atoms with E-state index in [0.29, 0.717) is 56.9 Å². The van der Waals surface area contributed by atoms with Crippen LogP contribution in [0.2, 0.25) is 0 Å². The summed E-state index contributed by atoms with van der Waals surface area (Å²) in [7, 11) is 0. The van der Waals surface area contributed by atoms with Gasteiger partial charge in [0.2, 0.25) is 11.8 Å². The normalized spacial score (nSPS) is 16.1. The zero-order valence-electron chi connectivity index (χ0n) is 16.3. The van der Waals surface area contributed by atoms with Crippen molar-refractivity contribution in [3.63, 3.8) is 0 Å². The van der Waals surface area contributed by atoms with E-state index in [-0.39, 0.29) is 5.91 Å². The number of rotatable bonds is 8. The molecular formula is C21H27N3O4. The minimum absolute atomic E-state index is 0.0559. The van der Waals surface area contributed by atoms with Gasteiger partial charge in [0.25, 0.3) is 0 Å². The Morgan fingerprint density at radius 2 is 1.89 bits per heavy atom. The van der Waals surface area contributed by atoms with Crippen molar-refractivity contribution in [1.82, 2.24) is 15.0 Å². The molecule has 0 spiro atoms. The summed E-state index contributed by atoms with van der Waals surface area (Å²) in [5.41, 5.74) is -0.0915. The molecule has 3 rings (SSSR count). The zero-order valence-corrected chi connectivity index (χ0v) is 16.3. The second kappa shape index (κ2) is 8.99. The lowest BCUT2D eigenvalue weighted by atomic mass is 9.73. The van der Waals surface area contributed by atoms with E-state index in [4.69, 9.17) is 4.52 Å². The van der Waals surface area contributed by atoms with E-state index in [9.17, 15) is 14.7 Å². The fourth-order valence-electron chi connectivity index (χ4n) is 3.79. The monoisotopic (exact) mass is 385 g/mol. The summed E-state index contributed by atoms with van der Waals surface area (Å²) in [5, 5.41) is 13.8. The van der Waals surface area contributed by atoms with Crippen molar-refractivity contribution in [1.29, 1.82) is 0 Å². The first kappa shape index (κ1) is 20.0. The minimum atomic E-state index is -0.905. The number of carbonyl (C=O) groups excluding carboxylic acids is 1. The molecule has 7 nitrogen and oxygen atoms in total. The molecule has 1 N–H and O–H groups in total. The van der Waals surface area contributed by atoms with Crippen LogP contribution in [0.15, 0.2) is 34.9 Å². The molecule has 2 heterocycles. The highest BCUT2D eigenvalue weighted by Crippen LogP contribution is 2.36. The molecule has 7 heteroatoms. The van der Waals surface area contributed by atoms with Crippen molar-refractivity contribution in [3.05, 3.63) is 47.6 Å². The Morgan fingerprint density at radius 3 is 2.54 bits per heavy atom. The van der Waals surface area contributed by atoms with Crippen LogP contribution in [0.25, 0.3) is 0 Å². The molecule has 0 aliphatic carbocycles. The van der Waals surface area contributed by atoms with Gasteiger partial charge in [0.05, 0.1) is 5.41 Å². The van der Waals surface area contributed by atoms with Gasteiger partial charge in [0.1, 0.15) is 0 Å². The maximum absolute atomic E-state index is 12.5. The predicted octanol–water partition coefficient (Wildman–Crippen LogP) is 2.99. The molecule has 1 aromatic carbocycles. The summed E-state index contributed by atoms with van der Waals surface area (Å²) in [6, 6.07) is 9.33. The van der Waals surface area contributed by atoms with Crippen molar-refractivity contribution in [2.45, 2.75) is 57.3 Å². The third-order valence-electron chi connectivity index (χ3n) is 5.47. The van der Waals surface area contributed by atoms with Crippen molar-refractivity contribution >= 4 is 11.9 Å². The van der Waals surface area contributed by atoms with Crippen LogP contribution in [0.5, 0.6) is 0 Å². The maximum Gasteiger partial charge on any atom is 0.314 e. The van der Waals surface area contributed by atoms with Gasteiger partial charge in [-0.15, -0.1) is 0 Å². The number of piperidine rings is 1. The van der Waals surface area contributed by atoms with Gasteiger partial charge in [-0.2, -0.15) is 4.98 Å². The highest BCUT2D eigenvalue weighted by atomic mass is 16.5. The van der Waals surface area contributed by atoms with Crippen molar-refractivity contribution in [2.24, 2.45) is 0 Å². The molecule has 0 saturated carbocycles. The topological polar surface area (TPSA) is 96.5 Å². The summed E-state index contributed by atoms with van der Waals surface area (Å²) in [6.45, 7) is 2.98. The molecule has 2 aromatic rings. The fraction of sp³-hybridized carbons (Fsp3) is 0.524. The number of carbonyl (C=O) groups is 2. The summed E-state index contributed by atoms with van der Waals surface area (Å²) >= 11 is 0. The first-order valence-corrected chi connectivity index (χ1v) is 9.93. The Kier molecular flexibility index (Phi) is 6.44. The maximum atomic E-state index is 12.5. The number of aliphatic carboxylic acids is 1. The molecule has 0 bridgehead atoms. The van der Waals surface area contributed by atoms with Crippen LogP contribution < -0.4 is 0 Å². The molecule has 1 aliphatic heterocycles. The number of likely N-dealkylation sites (tertiary alicyclic amines) is 1. The van der Waals surface area contributed by atoms with Crippen LogP contribution in [0.1, 0.15) is 56.3 Å². The van der Waals surface area contributed by atoms with Crippen LogP contribution in [-0.2, 0) is 27.8 Å². The quantitative estimate of drug-likeness (QED) is 0.750. The van der Waals surface area contributed by atoms with E-state index in [2.05, 4.69) is 17.1 Å². The molecule has 1 fully saturated rings. The minimum Gasteiger partial charge on any atom is -0.481 e. The van der Waals surface area contributed by atoms with E-state index in [0.717, 1.165) is 18.4 Å². The Morgan fingerprint density at radius 1 is 1.18 bits per heavy atom. The lowest BCUT2D eigenvalue weighted by molar-refractivity contribution is -0.148. The number of benzene rings is 1. The van der Waals surface area contributed by atoms with E-state index in [1.54, 1.807) is 4.90 Å². The van der Waals surface area contributed by atoms with Crippen LogP contribution in [0.4, 0.5) is 0 Å². The SMILES string of the molecule is CCCc1noc(CCCC(=O)N2CCC(C(=O)O)(c3ccccc3)CC2)n1. The van der Waals surface area contributed by atoms with E-state index >= 15 is 0 Å². The summed E-state index contributed by atoms with van der Waals surface area (Å²) in [6.07, 6.45) is 4.25. The standard InChI is InChI=1S/C21H27N3O4/c1-2-7-17-22-18(28-23-17)10-6-11-19(25)24-14-12-21(13-15-24,20(26)27)16-8-4-3-5-9-16/h3-5,8-9H,2,6-7,10-15H2,1H3,(H,26,27). The average Bonchev–Trinajstić information content (AvgIpc) is 3.16. The largest absolute Gasteiger partial charge is 0.481 e. The van der Waals surface area contributed by atoms with Crippen molar-refractivity contribution in [2.75, 3.05) is 13.1 Å². The van der Waals surface area contributed by atoms with Crippen LogP contribution in [0.3, 0.4) is 0 Å². The number of nitrogens with zero attached hydrogens (tertiary/aromatic N) is 3. The van der Waals surface area contributed by atoms with Gasteiger partial charge in [-0.3, -0.25) is 9.59 Å². The summed E-state index contributed by atoms with van der Waals surface area (Å²) in [5.74, 6) is 0.528. The first-order valence-electron chi connectivity index (χ1n) is 9.93. The molecule has 150 valence electrons. The van der Waals surface area contributed by atoms with Crippen LogP contribution in [-0.4, -0.2) is 45.1 Å². The Bertz CT molecular complexity index is 795. The smallest absolute Gasteiger partial charge is 0.314 e. The number of hydrogen-bond acceptors (Lipinski definition) is 5. The number of aryl methyl sites for hydroxylation is 2. The molecule has 1 aliphatic rings. The third-order valence-corrected chi connectivity index (χ3v) is 5.47. The second-order valence-corrected chi connectivity index (χ2v) is 7.34. The number of carboxylic acids is 1. The van der Waals surface area contributed by atoms with Crippen molar-refractivity contribution < 1.29 is 19.2 Å². The molecule has 0 atom stereocenters. The van der Waals surface area contributed by atoms with Gasteiger partial charge in [0, 0.05) is 32.4 Å². The van der Waals surface area contributed by atoms with Gasteiger partial charge < -0.3 is 14.5 Å². The molecule has 1 aromatic heterocycles. The van der Waals surface area contributed by atoms with Gasteiger partial charge >= 0.3 is 5.97 Å². The lowest BCUT2D eigenvalue weighted by Gasteiger charge is -2.39. The highest BCUT2D eigenvalue weighted by Gasteiger charge is 2.43. The predicted molar refractivity (Wildman–Crippen MR) is 103 cm³/mol. The van der Waals surface area contributed by atoms with E-state index < -0.39 is 11.4 Å². The Hall–Kier alpha value is -2.70. The molecular weight excluding hydrogens is 358 g/mol. The number of carboxylic acid groups (broad SMARTS) is 1. The van der Waals surface area contributed by atoms with Gasteiger partial charge in [-0.05, 0) is 31.2 Å². The van der Waals surface area contributed by atoms with E-state index in [1.807, 2.05) is 30.3 Å². The molecule has 28 heavy (non-hydrogen) atoms. The number of hydrogen-bond donors (Lipinski definition) is 1. The van der Waals surface area contributed by atoms with Gasteiger partial charge in [-0.1, -0.05) is 42.4 Å². The van der Waals surface area contributed by atoms with Gasteiger partial charge in [-0.25, -0.2) is 0 Å². The van der Waals surface area contributed by atoms with Crippen molar-refractivity contribution in [3.8, 4) is 0 Å². The molecule has 0 unspecified atom stereocenters. The average molecular weight is 385 g/mol. The Balaban J connectivity index is 1.51. The third kappa shape index (κ3) is 4.40. The molecule has 1 saturated heterocycles. The first-order chi connectivity index (χ1) is 13.5. The van der Waals surface area contributed by atoms with Crippen LogP contribution >= 0.6 is 0 Å².